The van der Waals surface area contributed by atoms with Gasteiger partial charge in [0.15, 0.2) is 0 Å². The van der Waals surface area contributed by atoms with E-state index >= 15 is 0 Å². The molecule has 2 N–H and O–H groups in total. The molecule has 0 bridgehead atoms. The predicted octanol–water partition coefficient (Wildman–Crippen LogP) is 6.43. The van der Waals surface area contributed by atoms with E-state index in [4.69, 9.17) is 4.42 Å². The third-order valence-electron chi connectivity index (χ3n) is 5.15. The van der Waals surface area contributed by atoms with E-state index < -0.39 is 0 Å². The average Bonchev–Trinajstić information content (AvgIpc) is 2.93. The fourth-order valence-electron chi connectivity index (χ4n) is 3.94. The molecule has 128 valence electrons. The fraction of sp³-hybridized carbons (Fsp3) is 0.130. The van der Waals surface area contributed by atoms with Crippen LogP contribution in [0.25, 0.3) is 43.5 Å². The summed E-state index contributed by atoms with van der Waals surface area (Å²) >= 11 is 0. The average molecular weight is 342 g/mol. The van der Waals surface area contributed by atoms with Crippen molar-refractivity contribution in [3.63, 3.8) is 0 Å². The minimum Gasteiger partial charge on any atom is -0.508 e. The molecule has 0 atom stereocenters. The standard InChI is InChI=1S/C23H18O3/c1-12(2)23-17-11-22-19(9-14(17)4-6-20(23)25)18-8-13-3-5-16(24)7-15(13)10-21(18)26-22/h3-12,24-25H,1-2H3. The zero-order chi connectivity index (χ0) is 18.0. The highest BCUT2D eigenvalue weighted by atomic mass is 16.3. The summed E-state index contributed by atoms with van der Waals surface area (Å²) in [6, 6.07) is 17.3. The Bertz CT molecular complexity index is 1330. The Morgan fingerprint density at radius 2 is 1.38 bits per heavy atom. The molecule has 0 saturated carbocycles. The summed E-state index contributed by atoms with van der Waals surface area (Å²) in [5.74, 6) is 0.783. The van der Waals surface area contributed by atoms with Gasteiger partial charge in [0.05, 0.1) is 0 Å². The third-order valence-corrected chi connectivity index (χ3v) is 5.15. The molecule has 0 aliphatic rings. The van der Waals surface area contributed by atoms with E-state index in [1.54, 1.807) is 18.2 Å². The second-order valence-corrected chi connectivity index (χ2v) is 7.20. The number of furan rings is 1. The fourth-order valence-corrected chi connectivity index (χ4v) is 3.94. The molecule has 3 heteroatoms. The van der Waals surface area contributed by atoms with Crippen LogP contribution in [-0.4, -0.2) is 10.2 Å². The summed E-state index contributed by atoms with van der Waals surface area (Å²) in [5, 5.41) is 26.2. The van der Waals surface area contributed by atoms with Crippen molar-refractivity contribution in [3.05, 3.63) is 60.2 Å². The lowest BCUT2D eigenvalue weighted by molar-refractivity contribution is 0.466. The Kier molecular flexibility index (Phi) is 2.99. The van der Waals surface area contributed by atoms with Gasteiger partial charge in [-0.05, 0) is 69.9 Å². The normalized spacial score (nSPS) is 12.1. The summed E-state index contributed by atoms with van der Waals surface area (Å²) in [6.07, 6.45) is 0. The van der Waals surface area contributed by atoms with Crippen LogP contribution in [0.3, 0.4) is 0 Å². The molecule has 0 aliphatic heterocycles. The van der Waals surface area contributed by atoms with Gasteiger partial charge in [-0.1, -0.05) is 26.0 Å². The first kappa shape index (κ1) is 15.1. The molecule has 0 aliphatic carbocycles. The van der Waals surface area contributed by atoms with E-state index in [1.807, 2.05) is 24.3 Å². The van der Waals surface area contributed by atoms with Crippen molar-refractivity contribution < 1.29 is 14.6 Å². The highest BCUT2D eigenvalue weighted by Crippen LogP contribution is 2.39. The molecule has 0 radical (unpaired) electrons. The van der Waals surface area contributed by atoms with Crippen molar-refractivity contribution >= 4 is 43.5 Å². The lowest BCUT2D eigenvalue weighted by atomic mass is 9.94. The number of hydrogen-bond donors (Lipinski definition) is 2. The summed E-state index contributed by atoms with van der Waals surface area (Å²) in [5.41, 5.74) is 2.54. The Labute approximate surface area is 150 Å². The summed E-state index contributed by atoms with van der Waals surface area (Å²) in [6.45, 7) is 4.16. The number of fused-ring (bicyclic) bond motifs is 5. The van der Waals surface area contributed by atoms with Gasteiger partial charge in [-0.2, -0.15) is 0 Å². The molecular formula is C23H18O3. The minimum absolute atomic E-state index is 0.214. The molecular weight excluding hydrogens is 324 g/mol. The van der Waals surface area contributed by atoms with Gasteiger partial charge in [-0.15, -0.1) is 0 Å². The minimum atomic E-state index is 0.214. The molecule has 0 unspecified atom stereocenters. The molecule has 4 aromatic carbocycles. The zero-order valence-electron chi connectivity index (χ0n) is 14.6. The maximum Gasteiger partial charge on any atom is 0.136 e. The number of aromatic hydroxyl groups is 2. The van der Waals surface area contributed by atoms with Crippen LogP contribution in [0.5, 0.6) is 11.5 Å². The summed E-state index contributed by atoms with van der Waals surface area (Å²) in [4.78, 5) is 0. The van der Waals surface area contributed by atoms with Crippen molar-refractivity contribution in [2.75, 3.05) is 0 Å². The second kappa shape index (κ2) is 5.15. The molecule has 5 aromatic rings. The lowest BCUT2D eigenvalue weighted by Gasteiger charge is -2.12. The lowest BCUT2D eigenvalue weighted by Crippen LogP contribution is -1.90. The van der Waals surface area contributed by atoms with Crippen LogP contribution in [0.2, 0.25) is 0 Å². The SMILES string of the molecule is CC(C)c1c(O)ccc2cc3c(cc12)oc1cc2cc(O)ccc2cc13. The summed E-state index contributed by atoms with van der Waals surface area (Å²) < 4.78 is 6.12. The van der Waals surface area contributed by atoms with Crippen LogP contribution in [0.4, 0.5) is 0 Å². The van der Waals surface area contributed by atoms with Gasteiger partial charge >= 0.3 is 0 Å². The van der Waals surface area contributed by atoms with Crippen molar-refractivity contribution in [3.8, 4) is 11.5 Å². The smallest absolute Gasteiger partial charge is 0.136 e. The molecule has 3 nitrogen and oxygen atoms in total. The van der Waals surface area contributed by atoms with E-state index in [0.717, 1.165) is 49.0 Å². The van der Waals surface area contributed by atoms with E-state index in [9.17, 15) is 10.2 Å². The first-order valence-corrected chi connectivity index (χ1v) is 8.76. The number of benzene rings is 4. The van der Waals surface area contributed by atoms with E-state index in [-0.39, 0.29) is 11.7 Å². The van der Waals surface area contributed by atoms with Gasteiger partial charge < -0.3 is 14.6 Å². The van der Waals surface area contributed by atoms with Crippen LogP contribution in [-0.2, 0) is 0 Å². The summed E-state index contributed by atoms with van der Waals surface area (Å²) in [7, 11) is 0. The van der Waals surface area contributed by atoms with Crippen LogP contribution >= 0.6 is 0 Å². The van der Waals surface area contributed by atoms with Crippen LogP contribution in [0, 0.1) is 0 Å². The first-order valence-electron chi connectivity index (χ1n) is 8.76. The molecule has 5 rings (SSSR count). The first-order chi connectivity index (χ1) is 12.5. The zero-order valence-corrected chi connectivity index (χ0v) is 14.6. The van der Waals surface area contributed by atoms with Crippen molar-refractivity contribution in [2.24, 2.45) is 0 Å². The monoisotopic (exact) mass is 342 g/mol. The number of phenolic OH excluding ortho intramolecular Hbond substituents is 2. The predicted molar refractivity (Wildman–Crippen MR) is 106 cm³/mol. The van der Waals surface area contributed by atoms with E-state index in [0.29, 0.717) is 5.75 Å². The van der Waals surface area contributed by atoms with Crippen LogP contribution in [0.15, 0.2) is 59.0 Å². The Balaban J connectivity index is 1.91. The highest BCUT2D eigenvalue weighted by Gasteiger charge is 2.15. The molecule has 1 heterocycles. The maximum atomic E-state index is 10.3. The number of rotatable bonds is 1. The topological polar surface area (TPSA) is 53.6 Å². The largest absolute Gasteiger partial charge is 0.508 e. The van der Waals surface area contributed by atoms with Gasteiger partial charge in [-0.25, -0.2) is 0 Å². The molecule has 0 fully saturated rings. The Morgan fingerprint density at radius 3 is 2.15 bits per heavy atom. The quantitative estimate of drug-likeness (QED) is 0.369. The molecule has 0 saturated heterocycles. The second-order valence-electron chi connectivity index (χ2n) is 7.20. The van der Waals surface area contributed by atoms with Gasteiger partial charge in [0.2, 0.25) is 0 Å². The Morgan fingerprint density at radius 1 is 0.692 bits per heavy atom. The maximum absolute atomic E-state index is 10.3. The Hall–Kier alpha value is -3.20. The molecule has 26 heavy (non-hydrogen) atoms. The van der Waals surface area contributed by atoms with Crippen molar-refractivity contribution in [1.29, 1.82) is 0 Å². The van der Waals surface area contributed by atoms with Crippen molar-refractivity contribution in [2.45, 2.75) is 19.8 Å². The number of hydrogen-bond acceptors (Lipinski definition) is 3. The third kappa shape index (κ3) is 2.07. The van der Waals surface area contributed by atoms with Gasteiger partial charge in [0, 0.05) is 16.3 Å². The van der Waals surface area contributed by atoms with E-state index in [1.165, 1.54) is 0 Å². The van der Waals surface area contributed by atoms with Crippen LogP contribution in [0.1, 0.15) is 25.3 Å². The van der Waals surface area contributed by atoms with Crippen molar-refractivity contribution in [1.82, 2.24) is 0 Å². The molecule has 0 amide bonds. The van der Waals surface area contributed by atoms with Crippen LogP contribution < -0.4 is 0 Å². The number of phenols is 2. The van der Waals surface area contributed by atoms with Gasteiger partial charge in [-0.3, -0.25) is 0 Å². The molecule has 0 spiro atoms. The highest BCUT2D eigenvalue weighted by molar-refractivity contribution is 6.14. The van der Waals surface area contributed by atoms with Gasteiger partial charge in [0.25, 0.3) is 0 Å². The van der Waals surface area contributed by atoms with Gasteiger partial charge in [0.1, 0.15) is 22.7 Å². The molecule has 1 aromatic heterocycles. The van der Waals surface area contributed by atoms with E-state index in [2.05, 4.69) is 26.0 Å².